The molecule has 0 bridgehead atoms. The van der Waals surface area contributed by atoms with Crippen molar-refractivity contribution < 1.29 is 24.5 Å². The van der Waals surface area contributed by atoms with Gasteiger partial charge in [-0.15, -0.1) is 0 Å². The van der Waals surface area contributed by atoms with Crippen LogP contribution in [0.15, 0.2) is 0 Å². The third-order valence-corrected chi connectivity index (χ3v) is 2.31. The molecule has 0 aromatic rings. The van der Waals surface area contributed by atoms with Gasteiger partial charge >= 0.3 is 12.1 Å². The number of carboxylic acids is 1. The van der Waals surface area contributed by atoms with Crippen LogP contribution in [0, 0.1) is 15.5 Å². The molecule has 5 N–H and O–H groups in total. The molecule has 1 atom stereocenters. The van der Waals surface area contributed by atoms with Crippen LogP contribution in [-0.2, 0) is 9.53 Å². The van der Waals surface area contributed by atoms with E-state index in [0.29, 0.717) is 0 Å². The van der Waals surface area contributed by atoms with Gasteiger partial charge in [0.25, 0.3) is 0 Å². The highest BCUT2D eigenvalue weighted by atomic mass is 16.7. The van der Waals surface area contributed by atoms with Crippen molar-refractivity contribution in [2.75, 3.05) is 6.54 Å². The van der Waals surface area contributed by atoms with Crippen molar-refractivity contribution in [3.05, 3.63) is 10.1 Å². The number of guanidine groups is 1. The molecule has 1 amide bonds. The van der Waals surface area contributed by atoms with Gasteiger partial charge in [-0.3, -0.25) is 5.41 Å². The minimum absolute atomic E-state index is 0.0403. The lowest BCUT2D eigenvalue weighted by Crippen LogP contribution is -2.50. The van der Waals surface area contributed by atoms with Crippen LogP contribution in [0.5, 0.6) is 0 Å². The highest BCUT2D eigenvalue weighted by molar-refractivity contribution is 5.79. The van der Waals surface area contributed by atoms with Gasteiger partial charge in [-0.25, -0.2) is 19.7 Å². The van der Waals surface area contributed by atoms with E-state index in [1.54, 1.807) is 0 Å². The molecule has 0 heterocycles. The molecule has 0 aromatic carbocycles. The number of aliphatic carboxylic acids is 1. The molecule has 22 heavy (non-hydrogen) atoms. The van der Waals surface area contributed by atoms with E-state index >= 15 is 0 Å². The van der Waals surface area contributed by atoms with Crippen LogP contribution in [0.4, 0.5) is 4.79 Å². The fraction of sp³-hybridized carbons (Fsp3) is 0.727. The van der Waals surface area contributed by atoms with Crippen molar-refractivity contribution in [1.82, 2.24) is 10.3 Å². The number of ether oxygens (including phenoxy) is 1. The average Bonchev–Trinajstić information content (AvgIpc) is 2.29. The van der Waals surface area contributed by atoms with Crippen LogP contribution < -0.4 is 11.1 Å². The van der Waals surface area contributed by atoms with Gasteiger partial charge < -0.3 is 20.9 Å². The molecule has 126 valence electrons. The minimum Gasteiger partial charge on any atom is -0.480 e. The monoisotopic (exact) mass is 319 g/mol. The van der Waals surface area contributed by atoms with Crippen LogP contribution in [0.1, 0.15) is 33.6 Å². The Balaban J connectivity index is 4.96. The zero-order valence-electron chi connectivity index (χ0n) is 12.7. The second-order valence-electron chi connectivity index (χ2n) is 5.40. The smallest absolute Gasteiger partial charge is 0.469 e. The van der Waals surface area contributed by atoms with E-state index in [4.69, 9.17) is 21.0 Å². The Labute approximate surface area is 127 Å². The minimum atomic E-state index is -1.68. The molecular weight excluding hydrogens is 298 g/mol. The quantitative estimate of drug-likeness (QED) is 0.168. The normalized spacial score (nSPS) is 12.1. The van der Waals surface area contributed by atoms with Crippen molar-refractivity contribution in [3.63, 3.8) is 0 Å². The zero-order valence-corrected chi connectivity index (χ0v) is 12.7. The second kappa shape index (κ2) is 8.00. The first-order chi connectivity index (χ1) is 9.95. The summed E-state index contributed by atoms with van der Waals surface area (Å²) < 4.78 is 4.85. The van der Waals surface area contributed by atoms with Crippen LogP contribution in [0.3, 0.4) is 0 Å². The number of nitrogens with two attached hydrogens (primary N) is 1. The van der Waals surface area contributed by atoms with Gasteiger partial charge in [-0.1, -0.05) is 0 Å². The number of hydrogen-bond donors (Lipinski definition) is 4. The van der Waals surface area contributed by atoms with E-state index in [1.807, 2.05) is 0 Å². The Bertz CT molecular complexity index is 447. The summed E-state index contributed by atoms with van der Waals surface area (Å²) in [5.41, 5.74) is 4.06. The number of nitro groups is 1. The fourth-order valence-corrected chi connectivity index (χ4v) is 1.49. The number of hydrazine groups is 1. The molecule has 0 saturated heterocycles. The maximum absolute atomic E-state index is 11.8. The number of hydrogen-bond acceptors (Lipinski definition) is 6. The molecular formula is C11H21N5O6. The van der Waals surface area contributed by atoms with Crippen LogP contribution in [0.25, 0.3) is 0 Å². The topological polar surface area (TPSA) is 172 Å². The van der Waals surface area contributed by atoms with Crippen LogP contribution in [0.2, 0.25) is 0 Å². The summed E-state index contributed by atoms with van der Waals surface area (Å²) in [6.45, 7) is 4.68. The van der Waals surface area contributed by atoms with Gasteiger partial charge in [-0.05, 0) is 38.6 Å². The van der Waals surface area contributed by atoms with Crippen molar-refractivity contribution in [1.29, 1.82) is 5.41 Å². The molecule has 0 aliphatic carbocycles. The molecule has 0 aliphatic heterocycles. The lowest BCUT2D eigenvalue weighted by Gasteiger charge is -2.24. The molecule has 0 fully saturated rings. The van der Waals surface area contributed by atoms with Crippen LogP contribution in [-0.4, -0.2) is 51.4 Å². The Hall–Kier alpha value is -2.59. The largest absolute Gasteiger partial charge is 0.480 e. The maximum Gasteiger partial charge on any atom is 0.469 e. The highest BCUT2D eigenvalue weighted by Gasteiger charge is 2.41. The number of carbonyl (C=O) groups is 2. The lowest BCUT2D eigenvalue weighted by atomic mass is 10.1. The maximum atomic E-state index is 11.8. The summed E-state index contributed by atoms with van der Waals surface area (Å²) in [6, 6.07) is -1.68. The predicted octanol–water partition coefficient (Wildman–Crippen LogP) is 0.132. The first-order valence-corrected chi connectivity index (χ1v) is 6.43. The molecule has 0 rings (SSSR count). The van der Waals surface area contributed by atoms with E-state index < -0.39 is 28.7 Å². The van der Waals surface area contributed by atoms with Gasteiger partial charge in [0, 0.05) is 6.54 Å². The fourth-order valence-electron chi connectivity index (χ4n) is 1.49. The van der Waals surface area contributed by atoms with Gasteiger partial charge in [0.15, 0.2) is 17.0 Å². The third-order valence-electron chi connectivity index (χ3n) is 2.31. The molecule has 11 nitrogen and oxygen atoms in total. The molecule has 0 radical (unpaired) electrons. The second-order valence-corrected chi connectivity index (χ2v) is 5.40. The summed E-state index contributed by atoms with van der Waals surface area (Å²) in [5, 5.41) is 28.4. The van der Waals surface area contributed by atoms with Gasteiger partial charge in [0.05, 0.1) is 0 Å². The third kappa shape index (κ3) is 7.26. The van der Waals surface area contributed by atoms with Crippen molar-refractivity contribution in [2.45, 2.75) is 45.3 Å². The Kier molecular flexibility index (Phi) is 7.06. The van der Waals surface area contributed by atoms with Crippen LogP contribution >= 0.6 is 0 Å². The zero-order chi connectivity index (χ0) is 17.5. The summed E-state index contributed by atoms with van der Waals surface area (Å²) in [5.74, 6) is -1.82. The predicted molar refractivity (Wildman–Crippen MR) is 75.6 cm³/mol. The molecule has 0 aromatic heterocycles. The summed E-state index contributed by atoms with van der Waals surface area (Å²) in [6.07, 6.45) is -1.39. The van der Waals surface area contributed by atoms with E-state index in [-0.39, 0.29) is 30.4 Å². The number of carboxylic acid groups (broad SMARTS) is 1. The van der Waals surface area contributed by atoms with Crippen molar-refractivity contribution >= 4 is 18.0 Å². The molecule has 0 spiro atoms. The van der Waals surface area contributed by atoms with E-state index in [0.717, 1.165) is 0 Å². The molecule has 1 unspecified atom stereocenters. The van der Waals surface area contributed by atoms with Gasteiger partial charge in [0.1, 0.15) is 5.60 Å². The number of rotatable bonds is 7. The Morgan fingerprint density at radius 1 is 1.50 bits per heavy atom. The van der Waals surface area contributed by atoms with Crippen molar-refractivity contribution in [3.8, 4) is 0 Å². The summed E-state index contributed by atoms with van der Waals surface area (Å²) >= 11 is 0. The first kappa shape index (κ1) is 19.4. The Morgan fingerprint density at radius 3 is 2.41 bits per heavy atom. The molecule has 0 aliphatic rings. The van der Waals surface area contributed by atoms with Gasteiger partial charge in [-0.2, -0.15) is 0 Å². The summed E-state index contributed by atoms with van der Waals surface area (Å²) in [4.78, 5) is 34.0. The van der Waals surface area contributed by atoms with E-state index in [9.17, 15) is 19.7 Å². The molecule has 11 heteroatoms. The van der Waals surface area contributed by atoms with E-state index in [2.05, 4.69) is 5.32 Å². The number of nitrogens with zero attached hydrogens (tertiary/aromatic N) is 2. The Morgan fingerprint density at radius 2 is 2.05 bits per heavy atom. The lowest BCUT2D eigenvalue weighted by molar-refractivity contribution is -0.641. The number of nitrogens with one attached hydrogen (secondary N) is 2. The first-order valence-electron chi connectivity index (χ1n) is 6.43. The summed E-state index contributed by atoms with van der Waals surface area (Å²) in [7, 11) is 0. The van der Waals surface area contributed by atoms with Crippen molar-refractivity contribution in [2.24, 2.45) is 5.73 Å². The van der Waals surface area contributed by atoms with E-state index in [1.165, 1.54) is 20.8 Å². The molecule has 0 saturated carbocycles. The standard InChI is InChI=1S/C11H21N5O6/c1-11(2,3)22-10(19)15(16(20)21)7(8(17)18)5-4-6-14-9(12)13/h7H,4-6H2,1-3H3,(H,17,18)(H4,12,13,14). The number of carbonyl (C=O) groups excluding carboxylic acids is 1. The number of amides is 1. The average molecular weight is 319 g/mol. The van der Waals surface area contributed by atoms with Gasteiger partial charge in [0.2, 0.25) is 0 Å². The highest BCUT2D eigenvalue weighted by Crippen LogP contribution is 2.15. The SMILES string of the molecule is CC(C)(C)OC(=O)N(C(CCCNC(=N)N)C(=O)O)[N+](=O)[O-].